The summed E-state index contributed by atoms with van der Waals surface area (Å²) in [5, 5.41) is 20.2. The van der Waals surface area contributed by atoms with E-state index in [1.807, 2.05) is 30.3 Å². The molecule has 6 nitrogen and oxygen atoms in total. The minimum absolute atomic E-state index is 0.116. The average molecular weight is 380 g/mol. The summed E-state index contributed by atoms with van der Waals surface area (Å²) < 4.78 is 22.7. The van der Waals surface area contributed by atoms with Crippen LogP contribution < -0.4 is 0 Å². The third-order valence-electron chi connectivity index (χ3n) is 5.02. The molecule has 6 heteroatoms. The van der Waals surface area contributed by atoms with E-state index < -0.39 is 18.3 Å². The molecule has 1 aromatic carbocycles. The van der Waals surface area contributed by atoms with Gasteiger partial charge < -0.3 is 29.2 Å². The maximum Gasteiger partial charge on any atom is 0.146 e. The van der Waals surface area contributed by atoms with Crippen molar-refractivity contribution in [1.82, 2.24) is 0 Å². The van der Waals surface area contributed by atoms with Crippen LogP contribution in [0.1, 0.15) is 25.3 Å². The van der Waals surface area contributed by atoms with Crippen LogP contribution in [0.2, 0.25) is 0 Å². The summed E-state index contributed by atoms with van der Waals surface area (Å²) in [5.41, 5.74) is 1.12. The molecule has 1 saturated heterocycles. The summed E-state index contributed by atoms with van der Waals surface area (Å²) in [6.45, 7) is 6.86. The van der Waals surface area contributed by atoms with Gasteiger partial charge in [0.1, 0.15) is 19.0 Å². The topological polar surface area (TPSA) is 77.4 Å². The van der Waals surface area contributed by atoms with Crippen LogP contribution in [0.15, 0.2) is 43.0 Å². The molecular formula is C21H32O6. The number of benzene rings is 1. The van der Waals surface area contributed by atoms with Crippen LogP contribution in [-0.2, 0) is 25.6 Å². The summed E-state index contributed by atoms with van der Waals surface area (Å²) in [6, 6.07) is 10.00. The smallest absolute Gasteiger partial charge is 0.146 e. The number of aliphatic hydroxyl groups is 2. The summed E-state index contributed by atoms with van der Waals surface area (Å²) in [6.07, 6.45) is -0.420. The molecule has 152 valence electrons. The van der Waals surface area contributed by atoms with Gasteiger partial charge in [-0.1, -0.05) is 43.3 Å². The largest absolute Gasteiger partial charge is 0.387 e. The Morgan fingerprint density at radius 1 is 1.30 bits per heavy atom. The number of hydrogen-bond acceptors (Lipinski definition) is 6. The van der Waals surface area contributed by atoms with E-state index in [2.05, 4.69) is 13.5 Å². The zero-order valence-electron chi connectivity index (χ0n) is 16.2. The van der Waals surface area contributed by atoms with Gasteiger partial charge >= 0.3 is 0 Å². The van der Waals surface area contributed by atoms with Crippen molar-refractivity contribution >= 4 is 0 Å². The first-order valence-corrected chi connectivity index (χ1v) is 9.43. The van der Waals surface area contributed by atoms with Crippen molar-refractivity contribution in [3.63, 3.8) is 0 Å². The molecule has 0 aromatic heterocycles. The molecule has 0 spiro atoms. The molecule has 2 rings (SSSR count). The number of ether oxygens (including phenoxy) is 4. The molecule has 0 aliphatic carbocycles. The van der Waals surface area contributed by atoms with Crippen molar-refractivity contribution in [2.24, 2.45) is 5.92 Å². The highest BCUT2D eigenvalue weighted by molar-refractivity contribution is 5.13. The number of hydrogen-bond donors (Lipinski definition) is 2. The van der Waals surface area contributed by atoms with Gasteiger partial charge in [0.05, 0.1) is 24.9 Å². The third kappa shape index (κ3) is 6.68. The van der Waals surface area contributed by atoms with Crippen LogP contribution in [0.5, 0.6) is 0 Å². The first-order chi connectivity index (χ1) is 13.1. The normalized spacial score (nSPS) is 27.9. The van der Waals surface area contributed by atoms with Gasteiger partial charge in [-0.15, -0.1) is 6.58 Å². The summed E-state index contributed by atoms with van der Waals surface area (Å²) >= 11 is 0. The van der Waals surface area contributed by atoms with Crippen LogP contribution >= 0.6 is 0 Å². The molecule has 1 fully saturated rings. The Hall–Kier alpha value is -1.28. The van der Waals surface area contributed by atoms with Gasteiger partial charge in [-0.3, -0.25) is 0 Å². The third-order valence-corrected chi connectivity index (χ3v) is 5.02. The Morgan fingerprint density at radius 2 is 2.04 bits per heavy atom. The molecule has 0 bridgehead atoms. The monoisotopic (exact) mass is 380 g/mol. The van der Waals surface area contributed by atoms with E-state index in [0.29, 0.717) is 26.1 Å². The second kappa shape index (κ2) is 11.5. The molecule has 0 amide bonds. The van der Waals surface area contributed by atoms with Crippen LogP contribution in [0.25, 0.3) is 0 Å². The van der Waals surface area contributed by atoms with Gasteiger partial charge in [0.15, 0.2) is 0 Å². The highest BCUT2D eigenvalue weighted by atomic mass is 16.7. The van der Waals surface area contributed by atoms with Gasteiger partial charge in [-0.2, -0.15) is 0 Å². The molecule has 1 aromatic rings. The SMILES string of the molecule is C=C[C@H](O)[C@H](O)[C@H]1C[C@H](OCOC)[C@@H](C)[C@@H](CCOCc2ccccc2)O1. The number of rotatable bonds is 11. The molecule has 6 atom stereocenters. The van der Waals surface area contributed by atoms with E-state index in [0.717, 1.165) is 5.56 Å². The number of aliphatic hydroxyl groups excluding tert-OH is 2. The van der Waals surface area contributed by atoms with Crippen LogP contribution in [0.4, 0.5) is 0 Å². The zero-order valence-corrected chi connectivity index (χ0v) is 16.2. The van der Waals surface area contributed by atoms with E-state index >= 15 is 0 Å². The molecule has 1 aliphatic rings. The van der Waals surface area contributed by atoms with Gasteiger partial charge in [-0.25, -0.2) is 0 Å². The van der Waals surface area contributed by atoms with Gasteiger partial charge in [-0.05, 0) is 12.0 Å². The fourth-order valence-corrected chi connectivity index (χ4v) is 3.34. The summed E-state index contributed by atoms with van der Waals surface area (Å²) in [7, 11) is 1.58. The van der Waals surface area contributed by atoms with E-state index in [4.69, 9.17) is 18.9 Å². The first kappa shape index (κ1) is 22.0. The highest BCUT2D eigenvalue weighted by Gasteiger charge is 2.40. The van der Waals surface area contributed by atoms with Gasteiger partial charge in [0.25, 0.3) is 0 Å². The molecular weight excluding hydrogens is 348 g/mol. The molecule has 0 radical (unpaired) electrons. The van der Waals surface area contributed by atoms with E-state index in [-0.39, 0.29) is 24.9 Å². The lowest BCUT2D eigenvalue weighted by atomic mass is 9.86. The second-order valence-electron chi connectivity index (χ2n) is 6.96. The van der Waals surface area contributed by atoms with Gasteiger partial charge in [0.2, 0.25) is 0 Å². The predicted molar refractivity (Wildman–Crippen MR) is 102 cm³/mol. The Bertz CT molecular complexity index is 537. The van der Waals surface area contributed by atoms with Crippen molar-refractivity contribution in [3.05, 3.63) is 48.6 Å². The Kier molecular flexibility index (Phi) is 9.41. The quantitative estimate of drug-likeness (QED) is 0.348. The molecule has 1 aliphatic heterocycles. The Morgan fingerprint density at radius 3 is 2.70 bits per heavy atom. The van der Waals surface area contributed by atoms with E-state index in [9.17, 15) is 10.2 Å². The fourth-order valence-electron chi connectivity index (χ4n) is 3.34. The lowest BCUT2D eigenvalue weighted by Gasteiger charge is -2.42. The van der Waals surface area contributed by atoms with Crippen molar-refractivity contribution in [3.8, 4) is 0 Å². The maximum atomic E-state index is 10.3. The lowest BCUT2D eigenvalue weighted by molar-refractivity contribution is -0.207. The van der Waals surface area contributed by atoms with E-state index in [1.54, 1.807) is 7.11 Å². The minimum atomic E-state index is -1.05. The van der Waals surface area contributed by atoms with Crippen molar-refractivity contribution in [2.45, 2.75) is 56.9 Å². The van der Waals surface area contributed by atoms with Crippen LogP contribution in [0, 0.1) is 5.92 Å². The van der Waals surface area contributed by atoms with E-state index in [1.165, 1.54) is 6.08 Å². The summed E-state index contributed by atoms with van der Waals surface area (Å²) in [4.78, 5) is 0. The predicted octanol–water partition coefficient (Wildman–Crippen LogP) is 2.28. The number of methoxy groups -OCH3 is 1. The Balaban J connectivity index is 1.91. The maximum absolute atomic E-state index is 10.3. The zero-order chi connectivity index (χ0) is 19.6. The fraction of sp³-hybridized carbons (Fsp3) is 0.619. The van der Waals surface area contributed by atoms with Crippen LogP contribution in [-0.4, -0.2) is 61.2 Å². The second-order valence-corrected chi connectivity index (χ2v) is 6.96. The van der Waals surface area contributed by atoms with Crippen molar-refractivity contribution < 1.29 is 29.2 Å². The molecule has 0 saturated carbocycles. The first-order valence-electron chi connectivity index (χ1n) is 9.43. The standard InChI is InChI=1S/C21H32O6/c1-4-17(22)21(23)20-12-19(26-14-24-3)15(2)18(27-20)10-11-25-13-16-8-6-5-7-9-16/h4-9,15,17-23H,1,10-14H2,2-3H3/t15-,17-,18+,19-,20+,21-/m0/s1. The minimum Gasteiger partial charge on any atom is -0.387 e. The molecule has 2 N–H and O–H groups in total. The van der Waals surface area contributed by atoms with Gasteiger partial charge in [0, 0.05) is 26.1 Å². The highest BCUT2D eigenvalue weighted by Crippen LogP contribution is 2.32. The van der Waals surface area contributed by atoms with Crippen LogP contribution in [0.3, 0.4) is 0 Å². The van der Waals surface area contributed by atoms with Crippen molar-refractivity contribution in [2.75, 3.05) is 20.5 Å². The molecule has 27 heavy (non-hydrogen) atoms. The summed E-state index contributed by atoms with van der Waals surface area (Å²) in [5.74, 6) is 0.116. The molecule has 0 unspecified atom stereocenters. The lowest BCUT2D eigenvalue weighted by Crippen LogP contribution is -2.51. The Labute approximate surface area is 161 Å². The average Bonchev–Trinajstić information content (AvgIpc) is 2.70. The van der Waals surface area contributed by atoms with Crippen molar-refractivity contribution in [1.29, 1.82) is 0 Å². The molecule has 1 heterocycles.